The molecule has 0 radical (unpaired) electrons. The first-order chi connectivity index (χ1) is 14.1. The van der Waals surface area contributed by atoms with Gasteiger partial charge in [0.05, 0.1) is 5.52 Å². The lowest BCUT2D eigenvalue weighted by molar-refractivity contribution is -0.105. The van der Waals surface area contributed by atoms with Crippen LogP contribution in [0.3, 0.4) is 0 Å². The summed E-state index contributed by atoms with van der Waals surface area (Å²) in [5.74, 6) is 0.960. The van der Waals surface area contributed by atoms with Gasteiger partial charge in [0.2, 0.25) is 12.3 Å². The Kier molecular flexibility index (Phi) is 6.36. The zero-order valence-electron chi connectivity index (χ0n) is 16.0. The van der Waals surface area contributed by atoms with Crippen LogP contribution < -0.4 is 15.4 Å². The molecule has 0 unspecified atom stereocenters. The first-order valence-corrected chi connectivity index (χ1v) is 8.78. The van der Waals surface area contributed by atoms with Crippen LogP contribution in [-0.2, 0) is 11.8 Å². The van der Waals surface area contributed by atoms with Crippen LogP contribution in [0.25, 0.3) is 11.0 Å². The van der Waals surface area contributed by atoms with Gasteiger partial charge in [0.1, 0.15) is 23.4 Å². The highest BCUT2D eigenvalue weighted by Crippen LogP contribution is 2.27. The van der Waals surface area contributed by atoms with E-state index in [-0.39, 0.29) is 5.82 Å². The third-order valence-electron chi connectivity index (χ3n) is 4.03. The van der Waals surface area contributed by atoms with E-state index in [1.54, 1.807) is 6.07 Å². The number of aryl methyl sites for hydroxylation is 1. The Balaban J connectivity index is 0.000000204. The van der Waals surface area contributed by atoms with E-state index in [0.29, 0.717) is 18.0 Å². The first kappa shape index (κ1) is 19.8. The molecule has 2 aromatic carbocycles. The molecule has 2 aromatic heterocycles. The second-order valence-corrected chi connectivity index (χ2v) is 5.99. The normalized spacial score (nSPS) is 10.0. The largest absolute Gasteiger partial charge is 0.437 e. The number of nitrogens with zero attached hydrogens (tertiary/aromatic N) is 3. The number of amides is 1. The standard InChI is InChI=1S/C14H14N4O.C7H6FNO/c1-15-10-3-5-11(6-4-10)19-14-13-12(16-9-17-14)7-8-18(13)2;8-6-2-1-3-7(4-6)9-5-10/h3-9,15H,1-2H3;1-5H,(H,9,10). The number of rotatable bonds is 5. The summed E-state index contributed by atoms with van der Waals surface area (Å²) < 4.78 is 20.1. The summed E-state index contributed by atoms with van der Waals surface area (Å²) in [7, 11) is 3.83. The van der Waals surface area contributed by atoms with Crippen LogP contribution in [0.2, 0.25) is 0 Å². The number of hydrogen-bond acceptors (Lipinski definition) is 5. The monoisotopic (exact) mass is 393 g/mol. The Morgan fingerprint density at radius 2 is 1.86 bits per heavy atom. The molecule has 29 heavy (non-hydrogen) atoms. The predicted octanol–water partition coefficient (Wildman–Crippen LogP) is 4.20. The number of anilines is 2. The lowest BCUT2D eigenvalue weighted by Crippen LogP contribution is -1.94. The topological polar surface area (TPSA) is 81.1 Å². The maximum absolute atomic E-state index is 12.3. The molecule has 7 nitrogen and oxygen atoms in total. The number of aromatic nitrogens is 3. The van der Waals surface area contributed by atoms with E-state index in [1.807, 2.05) is 55.2 Å². The molecule has 148 valence electrons. The van der Waals surface area contributed by atoms with Gasteiger partial charge in [0.25, 0.3) is 0 Å². The van der Waals surface area contributed by atoms with Gasteiger partial charge in [-0.3, -0.25) is 4.79 Å². The molecule has 0 fully saturated rings. The second-order valence-electron chi connectivity index (χ2n) is 5.99. The van der Waals surface area contributed by atoms with E-state index in [2.05, 4.69) is 20.6 Å². The molecule has 0 saturated heterocycles. The Labute approximate surface area is 167 Å². The van der Waals surface area contributed by atoms with Crippen LogP contribution in [0.1, 0.15) is 0 Å². The van der Waals surface area contributed by atoms with E-state index in [0.717, 1.165) is 22.5 Å². The average Bonchev–Trinajstić information content (AvgIpc) is 3.11. The quantitative estimate of drug-likeness (QED) is 0.497. The van der Waals surface area contributed by atoms with Crippen LogP contribution in [0.15, 0.2) is 67.1 Å². The maximum Gasteiger partial charge on any atom is 0.247 e. The third-order valence-corrected chi connectivity index (χ3v) is 4.03. The van der Waals surface area contributed by atoms with Gasteiger partial charge >= 0.3 is 0 Å². The van der Waals surface area contributed by atoms with Gasteiger partial charge in [-0.2, -0.15) is 4.98 Å². The smallest absolute Gasteiger partial charge is 0.247 e. The third kappa shape index (κ3) is 5.07. The molecule has 0 aliphatic rings. The first-order valence-electron chi connectivity index (χ1n) is 8.78. The maximum atomic E-state index is 12.3. The molecular weight excluding hydrogens is 373 g/mol. The van der Waals surface area contributed by atoms with Crippen LogP contribution >= 0.6 is 0 Å². The molecule has 0 aliphatic carbocycles. The average molecular weight is 393 g/mol. The molecule has 4 aromatic rings. The molecule has 0 saturated carbocycles. The number of ether oxygens (including phenoxy) is 1. The molecule has 2 N–H and O–H groups in total. The Morgan fingerprint density at radius 3 is 2.55 bits per heavy atom. The molecule has 0 spiro atoms. The zero-order valence-corrected chi connectivity index (χ0v) is 16.0. The minimum absolute atomic E-state index is 0.355. The fourth-order valence-corrected chi connectivity index (χ4v) is 2.61. The van der Waals surface area contributed by atoms with E-state index in [9.17, 15) is 9.18 Å². The molecule has 0 aliphatic heterocycles. The summed E-state index contributed by atoms with van der Waals surface area (Å²) in [6.07, 6.45) is 3.96. The van der Waals surface area contributed by atoms with Crippen LogP contribution in [-0.4, -0.2) is 28.0 Å². The number of fused-ring (bicyclic) bond motifs is 1. The van der Waals surface area contributed by atoms with Crippen molar-refractivity contribution in [2.24, 2.45) is 7.05 Å². The van der Waals surface area contributed by atoms with Gasteiger partial charge in [-0.25, -0.2) is 9.37 Å². The van der Waals surface area contributed by atoms with E-state index < -0.39 is 0 Å². The van der Waals surface area contributed by atoms with Gasteiger partial charge in [0.15, 0.2) is 0 Å². The van der Waals surface area contributed by atoms with Gasteiger partial charge < -0.3 is 19.9 Å². The Hall–Kier alpha value is -3.94. The van der Waals surface area contributed by atoms with E-state index in [1.165, 1.54) is 24.5 Å². The van der Waals surface area contributed by atoms with Crippen molar-refractivity contribution in [3.63, 3.8) is 0 Å². The van der Waals surface area contributed by atoms with Crippen molar-refractivity contribution in [1.82, 2.24) is 14.5 Å². The number of carbonyl (C=O) groups excluding carboxylic acids is 1. The van der Waals surface area contributed by atoms with Crippen molar-refractivity contribution in [1.29, 1.82) is 0 Å². The van der Waals surface area contributed by atoms with Crippen molar-refractivity contribution in [2.75, 3.05) is 17.7 Å². The summed E-state index contributed by atoms with van der Waals surface area (Å²) in [5, 5.41) is 5.40. The van der Waals surface area contributed by atoms with Crippen LogP contribution in [0.4, 0.5) is 15.8 Å². The minimum atomic E-state index is -0.355. The lowest BCUT2D eigenvalue weighted by Gasteiger charge is -2.07. The van der Waals surface area contributed by atoms with Gasteiger partial charge in [-0.15, -0.1) is 0 Å². The van der Waals surface area contributed by atoms with Crippen molar-refractivity contribution in [2.45, 2.75) is 0 Å². The molecule has 0 bridgehead atoms. The predicted molar refractivity (Wildman–Crippen MR) is 111 cm³/mol. The van der Waals surface area contributed by atoms with Crippen molar-refractivity contribution < 1.29 is 13.9 Å². The SMILES string of the molecule is CNc1ccc(Oc2ncnc3ccn(C)c23)cc1.O=CNc1cccc(F)c1. The molecule has 1 amide bonds. The summed E-state index contributed by atoms with van der Waals surface area (Å²) in [6.45, 7) is 0. The van der Waals surface area contributed by atoms with Gasteiger partial charge in [0, 0.05) is 31.7 Å². The minimum Gasteiger partial charge on any atom is -0.437 e. The highest BCUT2D eigenvalue weighted by atomic mass is 19.1. The van der Waals surface area contributed by atoms with Crippen LogP contribution in [0.5, 0.6) is 11.6 Å². The molecule has 8 heteroatoms. The van der Waals surface area contributed by atoms with E-state index >= 15 is 0 Å². The summed E-state index contributed by atoms with van der Waals surface area (Å²) in [4.78, 5) is 18.3. The highest BCUT2D eigenvalue weighted by Gasteiger charge is 2.09. The van der Waals surface area contributed by atoms with Crippen LogP contribution in [0, 0.1) is 5.82 Å². The zero-order chi connectivity index (χ0) is 20.6. The van der Waals surface area contributed by atoms with E-state index in [4.69, 9.17) is 4.74 Å². The number of halogens is 1. The van der Waals surface area contributed by atoms with Gasteiger partial charge in [-0.05, 0) is 48.5 Å². The number of nitrogens with one attached hydrogen (secondary N) is 2. The second kappa shape index (κ2) is 9.32. The van der Waals surface area contributed by atoms with Crippen molar-refractivity contribution >= 4 is 28.8 Å². The van der Waals surface area contributed by atoms with Gasteiger partial charge in [-0.1, -0.05) is 6.07 Å². The number of carbonyl (C=O) groups is 1. The Bertz CT molecular complexity index is 1100. The number of hydrogen-bond donors (Lipinski definition) is 2. The summed E-state index contributed by atoms with van der Waals surface area (Å²) in [5.41, 5.74) is 3.27. The summed E-state index contributed by atoms with van der Waals surface area (Å²) >= 11 is 0. The van der Waals surface area contributed by atoms with Crippen molar-refractivity contribution in [3.8, 4) is 11.6 Å². The lowest BCUT2D eigenvalue weighted by atomic mass is 10.3. The Morgan fingerprint density at radius 1 is 1.07 bits per heavy atom. The molecule has 4 rings (SSSR count). The fourth-order valence-electron chi connectivity index (χ4n) is 2.61. The van der Waals surface area contributed by atoms with Crippen molar-refractivity contribution in [3.05, 3.63) is 72.9 Å². The summed E-state index contributed by atoms with van der Waals surface area (Å²) in [6, 6.07) is 15.4. The number of benzene rings is 2. The molecule has 2 heterocycles. The molecule has 0 atom stereocenters. The molecular formula is C21H20FN5O2. The fraction of sp³-hybridized carbons (Fsp3) is 0.0952. The highest BCUT2D eigenvalue weighted by molar-refractivity contribution is 5.80.